The van der Waals surface area contributed by atoms with Crippen LogP contribution in [0.2, 0.25) is 0 Å². The third kappa shape index (κ3) is 1.48. The Morgan fingerprint density at radius 3 is 2.40 bits per heavy atom. The van der Waals surface area contributed by atoms with Crippen LogP contribution in [-0.4, -0.2) is 13.1 Å². The minimum atomic E-state index is -0.102. The van der Waals surface area contributed by atoms with Crippen LogP contribution in [-0.2, 0) is 9.53 Å². The van der Waals surface area contributed by atoms with Crippen LogP contribution in [0.4, 0.5) is 0 Å². The molecule has 2 heteroatoms. The van der Waals surface area contributed by atoms with Crippen molar-refractivity contribution in [2.75, 3.05) is 7.11 Å². The summed E-state index contributed by atoms with van der Waals surface area (Å²) in [6.45, 7) is 2.10. The van der Waals surface area contributed by atoms with E-state index in [4.69, 9.17) is 4.74 Å². The molecule has 2 nitrogen and oxygen atoms in total. The van der Waals surface area contributed by atoms with Gasteiger partial charge in [-0.2, -0.15) is 0 Å². The number of carbonyl (C=O) groups excluding carboxylic acids is 1. The predicted molar refractivity (Wildman–Crippen MR) is 77.9 cm³/mol. The summed E-state index contributed by atoms with van der Waals surface area (Å²) >= 11 is 0. The number of fused-ring (bicyclic) bond motifs is 5. The van der Waals surface area contributed by atoms with Crippen molar-refractivity contribution in [3.05, 3.63) is 41.0 Å². The highest BCUT2D eigenvalue weighted by atomic mass is 16.5. The molecule has 4 atom stereocenters. The Balaban J connectivity index is 1.81. The lowest BCUT2D eigenvalue weighted by Gasteiger charge is -2.44. The van der Waals surface area contributed by atoms with Crippen molar-refractivity contribution in [2.24, 2.45) is 23.7 Å². The standard InChI is InChI=1S/C18H20O2/c1-10-3-5-11(6-4-10)14-15-12-7-8-13(9-12)16(15)17(14)18(19)20-2/h3-6,12-13,15-16H,7-9H2,1-2H3/t12-,13+,15-,16-/m1/s1. The topological polar surface area (TPSA) is 26.3 Å². The lowest BCUT2D eigenvalue weighted by Crippen LogP contribution is -2.38. The fourth-order valence-corrected chi connectivity index (χ4v) is 4.82. The van der Waals surface area contributed by atoms with Crippen LogP contribution in [0, 0.1) is 30.6 Å². The molecule has 2 saturated carbocycles. The molecule has 0 spiro atoms. The first-order valence-electron chi connectivity index (χ1n) is 7.60. The van der Waals surface area contributed by atoms with Crippen LogP contribution < -0.4 is 0 Å². The van der Waals surface area contributed by atoms with Crippen LogP contribution in [0.15, 0.2) is 29.8 Å². The first-order valence-corrected chi connectivity index (χ1v) is 7.60. The number of carbonyl (C=O) groups is 1. The van der Waals surface area contributed by atoms with Crippen molar-refractivity contribution < 1.29 is 9.53 Å². The Hall–Kier alpha value is -1.57. The van der Waals surface area contributed by atoms with E-state index in [1.54, 1.807) is 0 Å². The zero-order chi connectivity index (χ0) is 13.9. The molecule has 3 aliphatic carbocycles. The van der Waals surface area contributed by atoms with E-state index in [0.717, 1.165) is 17.4 Å². The second-order valence-corrected chi connectivity index (χ2v) is 6.57. The molecule has 0 heterocycles. The number of rotatable bonds is 2. The molecule has 0 radical (unpaired) electrons. The van der Waals surface area contributed by atoms with Gasteiger partial charge in [0.1, 0.15) is 0 Å². The van der Waals surface area contributed by atoms with Gasteiger partial charge in [0.25, 0.3) is 0 Å². The molecule has 0 aliphatic heterocycles. The molecule has 104 valence electrons. The summed E-state index contributed by atoms with van der Waals surface area (Å²) in [6.07, 6.45) is 3.95. The molecule has 2 fully saturated rings. The largest absolute Gasteiger partial charge is 0.466 e. The van der Waals surface area contributed by atoms with Gasteiger partial charge in [-0.1, -0.05) is 29.8 Å². The van der Waals surface area contributed by atoms with Gasteiger partial charge in [-0.25, -0.2) is 4.79 Å². The van der Waals surface area contributed by atoms with Crippen molar-refractivity contribution in [3.8, 4) is 0 Å². The molecular weight excluding hydrogens is 248 g/mol. The van der Waals surface area contributed by atoms with Crippen LogP contribution in [0.5, 0.6) is 0 Å². The quantitative estimate of drug-likeness (QED) is 0.766. The fraction of sp³-hybridized carbons (Fsp3) is 0.500. The van der Waals surface area contributed by atoms with Crippen LogP contribution in [0.3, 0.4) is 0 Å². The number of hydrogen-bond acceptors (Lipinski definition) is 2. The minimum absolute atomic E-state index is 0.102. The molecule has 0 unspecified atom stereocenters. The van der Waals surface area contributed by atoms with Crippen LogP contribution in [0.25, 0.3) is 5.57 Å². The van der Waals surface area contributed by atoms with Gasteiger partial charge in [0.2, 0.25) is 0 Å². The number of methoxy groups -OCH3 is 1. The molecule has 20 heavy (non-hydrogen) atoms. The Bertz CT molecular complexity index is 596. The predicted octanol–water partition coefficient (Wildman–Crippen LogP) is 3.60. The van der Waals surface area contributed by atoms with Crippen molar-refractivity contribution in [1.29, 1.82) is 0 Å². The first kappa shape index (κ1) is 12.2. The van der Waals surface area contributed by atoms with E-state index in [2.05, 4.69) is 31.2 Å². The van der Waals surface area contributed by atoms with E-state index in [9.17, 15) is 4.79 Å². The van der Waals surface area contributed by atoms with E-state index >= 15 is 0 Å². The zero-order valence-corrected chi connectivity index (χ0v) is 12.1. The number of esters is 1. The fourth-order valence-electron chi connectivity index (χ4n) is 4.82. The van der Waals surface area contributed by atoms with E-state index < -0.39 is 0 Å². The Labute approximate surface area is 119 Å². The zero-order valence-electron chi connectivity index (χ0n) is 12.1. The average Bonchev–Trinajstić information content (AvgIpc) is 2.99. The molecule has 4 rings (SSSR count). The summed E-state index contributed by atoms with van der Waals surface area (Å²) in [7, 11) is 1.50. The highest BCUT2D eigenvalue weighted by Crippen LogP contribution is 2.66. The van der Waals surface area contributed by atoms with Gasteiger partial charge in [-0.05, 0) is 55.1 Å². The maximum absolute atomic E-state index is 12.2. The van der Waals surface area contributed by atoms with Gasteiger partial charge in [0, 0.05) is 11.5 Å². The molecule has 0 N–H and O–H groups in total. The molecule has 3 aliphatic rings. The Kier molecular flexibility index (Phi) is 2.57. The number of ether oxygens (including phenoxy) is 1. The minimum Gasteiger partial charge on any atom is -0.466 e. The van der Waals surface area contributed by atoms with E-state index in [1.807, 2.05) is 0 Å². The molecule has 0 amide bonds. The summed E-state index contributed by atoms with van der Waals surface area (Å²) in [5, 5.41) is 0. The lowest BCUT2D eigenvalue weighted by atomic mass is 9.59. The van der Waals surface area contributed by atoms with Gasteiger partial charge in [-0.3, -0.25) is 0 Å². The third-order valence-electron chi connectivity index (χ3n) is 5.64. The molecule has 1 aromatic carbocycles. The van der Waals surface area contributed by atoms with Gasteiger partial charge in [-0.15, -0.1) is 0 Å². The maximum Gasteiger partial charge on any atom is 0.334 e. The lowest BCUT2D eigenvalue weighted by molar-refractivity contribution is -0.137. The Morgan fingerprint density at radius 1 is 1.10 bits per heavy atom. The third-order valence-corrected chi connectivity index (χ3v) is 5.64. The van der Waals surface area contributed by atoms with E-state index in [-0.39, 0.29) is 5.97 Å². The number of allylic oxidation sites excluding steroid dienone is 1. The second kappa shape index (κ2) is 4.21. The summed E-state index contributed by atoms with van der Waals surface area (Å²) in [5.74, 6) is 2.53. The highest BCUT2D eigenvalue weighted by Gasteiger charge is 2.58. The molecule has 2 bridgehead atoms. The van der Waals surface area contributed by atoms with E-state index in [0.29, 0.717) is 11.8 Å². The van der Waals surface area contributed by atoms with Crippen molar-refractivity contribution in [3.63, 3.8) is 0 Å². The second-order valence-electron chi connectivity index (χ2n) is 6.57. The molecule has 1 aromatic rings. The average molecular weight is 268 g/mol. The molecular formula is C18H20O2. The van der Waals surface area contributed by atoms with Crippen LogP contribution in [0.1, 0.15) is 30.4 Å². The summed E-state index contributed by atoms with van der Waals surface area (Å²) in [6, 6.07) is 8.60. The molecule has 0 aromatic heterocycles. The van der Waals surface area contributed by atoms with E-state index in [1.165, 1.54) is 43.1 Å². The van der Waals surface area contributed by atoms with Crippen molar-refractivity contribution >= 4 is 11.5 Å². The van der Waals surface area contributed by atoms with Gasteiger partial charge >= 0.3 is 5.97 Å². The van der Waals surface area contributed by atoms with Crippen LogP contribution >= 0.6 is 0 Å². The highest BCUT2D eigenvalue weighted by molar-refractivity contribution is 6.03. The van der Waals surface area contributed by atoms with Gasteiger partial charge in [0.15, 0.2) is 0 Å². The summed E-state index contributed by atoms with van der Waals surface area (Å²) in [5.41, 5.74) is 4.75. The van der Waals surface area contributed by atoms with Crippen molar-refractivity contribution in [2.45, 2.75) is 26.2 Å². The number of benzene rings is 1. The first-order chi connectivity index (χ1) is 9.70. The SMILES string of the molecule is COC(=O)C1=C(c2ccc(C)cc2)[C@H]2[C@@H]3CC[C@@H](C3)[C@@H]12. The molecule has 0 saturated heterocycles. The monoisotopic (exact) mass is 268 g/mol. The smallest absolute Gasteiger partial charge is 0.334 e. The summed E-state index contributed by atoms with van der Waals surface area (Å²) in [4.78, 5) is 12.2. The Morgan fingerprint density at radius 2 is 1.75 bits per heavy atom. The number of aryl methyl sites for hydroxylation is 1. The maximum atomic E-state index is 12.2. The van der Waals surface area contributed by atoms with Gasteiger partial charge in [0.05, 0.1) is 7.11 Å². The summed E-state index contributed by atoms with van der Waals surface area (Å²) < 4.78 is 5.05. The normalized spacial score (nSPS) is 33.9. The van der Waals surface area contributed by atoms with Crippen molar-refractivity contribution in [1.82, 2.24) is 0 Å². The van der Waals surface area contributed by atoms with Gasteiger partial charge < -0.3 is 4.74 Å². The number of hydrogen-bond donors (Lipinski definition) is 0.